The standard InChI is InChI=1S/C16H17N3O4S.ClH/c1-21-12-6-10(7-13(22-2)15(12)23-3)14-5-4-11(24-14)8-19-9-17-18-16(19)20;/h4-7,9H,8H2,1-3H3,(H,18,20);1H. The minimum absolute atomic E-state index is 0. The summed E-state index contributed by atoms with van der Waals surface area (Å²) in [7, 11) is 4.75. The van der Waals surface area contributed by atoms with E-state index >= 15 is 0 Å². The molecule has 0 radical (unpaired) electrons. The van der Waals surface area contributed by atoms with Crippen LogP contribution in [0.3, 0.4) is 0 Å². The van der Waals surface area contributed by atoms with Gasteiger partial charge in [-0.05, 0) is 29.8 Å². The fourth-order valence-corrected chi connectivity index (χ4v) is 3.39. The predicted molar refractivity (Wildman–Crippen MR) is 98.6 cm³/mol. The first-order valence-electron chi connectivity index (χ1n) is 7.15. The van der Waals surface area contributed by atoms with E-state index < -0.39 is 0 Å². The quantitative estimate of drug-likeness (QED) is 0.708. The van der Waals surface area contributed by atoms with Gasteiger partial charge in [0.15, 0.2) is 11.5 Å². The smallest absolute Gasteiger partial charge is 0.343 e. The molecule has 0 unspecified atom stereocenters. The summed E-state index contributed by atoms with van der Waals surface area (Å²) in [5, 5.41) is 6.12. The third-order valence-corrected chi connectivity index (χ3v) is 4.67. The molecule has 2 heterocycles. The average molecular weight is 384 g/mol. The topological polar surface area (TPSA) is 78.4 Å². The number of thiophene rings is 1. The summed E-state index contributed by atoms with van der Waals surface area (Å²) >= 11 is 1.59. The van der Waals surface area contributed by atoms with Crippen molar-refractivity contribution >= 4 is 23.7 Å². The number of nitrogens with one attached hydrogen (secondary N) is 1. The highest BCUT2D eigenvalue weighted by atomic mass is 35.5. The zero-order valence-corrected chi connectivity index (χ0v) is 15.6. The highest BCUT2D eigenvalue weighted by Crippen LogP contribution is 2.42. The number of benzene rings is 1. The normalized spacial score (nSPS) is 10.2. The Morgan fingerprint density at radius 1 is 1.12 bits per heavy atom. The van der Waals surface area contributed by atoms with E-state index in [2.05, 4.69) is 10.2 Å². The van der Waals surface area contributed by atoms with Gasteiger partial charge >= 0.3 is 5.69 Å². The SMILES string of the molecule is COc1cc(-c2ccc(Cn3cn[nH]c3=O)s2)cc(OC)c1OC.Cl. The van der Waals surface area contributed by atoms with Crippen LogP contribution in [0.2, 0.25) is 0 Å². The third kappa shape index (κ3) is 3.80. The van der Waals surface area contributed by atoms with Gasteiger partial charge in [-0.2, -0.15) is 5.10 Å². The number of aromatic nitrogens is 3. The zero-order valence-electron chi connectivity index (χ0n) is 13.9. The second-order valence-corrected chi connectivity index (χ2v) is 6.14. The lowest BCUT2D eigenvalue weighted by Crippen LogP contribution is -2.16. The van der Waals surface area contributed by atoms with E-state index in [-0.39, 0.29) is 18.1 Å². The number of H-pyrrole nitrogens is 1. The largest absolute Gasteiger partial charge is 0.493 e. The Balaban J connectivity index is 0.00000225. The fraction of sp³-hybridized carbons (Fsp3) is 0.250. The molecule has 0 aliphatic rings. The molecule has 0 atom stereocenters. The molecule has 0 spiro atoms. The van der Waals surface area contributed by atoms with Crippen molar-refractivity contribution < 1.29 is 14.2 Å². The van der Waals surface area contributed by atoms with Gasteiger partial charge in [-0.15, -0.1) is 23.7 Å². The van der Waals surface area contributed by atoms with Crippen molar-refractivity contribution in [1.29, 1.82) is 0 Å². The number of nitrogens with zero attached hydrogens (tertiary/aromatic N) is 2. The molecule has 0 saturated heterocycles. The van der Waals surface area contributed by atoms with Crippen molar-refractivity contribution in [2.24, 2.45) is 0 Å². The summed E-state index contributed by atoms with van der Waals surface area (Å²) in [4.78, 5) is 13.6. The lowest BCUT2D eigenvalue weighted by atomic mass is 10.1. The number of hydrogen-bond donors (Lipinski definition) is 1. The Labute approximate surface area is 154 Å². The lowest BCUT2D eigenvalue weighted by Gasteiger charge is -2.13. The van der Waals surface area contributed by atoms with E-state index in [0.29, 0.717) is 23.8 Å². The third-order valence-electron chi connectivity index (χ3n) is 3.56. The maximum atomic E-state index is 11.5. The highest BCUT2D eigenvalue weighted by Gasteiger charge is 2.15. The van der Waals surface area contributed by atoms with E-state index in [1.54, 1.807) is 32.7 Å². The highest BCUT2D eigenvalue weighted by molar-refractivity contribution is 7.15. The summed E-state index contributed by atoms with van der Waals surface area (Å²) in [5.41, 5.74) is 0.734. The Morgan fingerprint density at radius 3 is 2.32 bits per heavy atom. The molecule has 2 aromatic heterocycles. The van der Waals surface area contributed by atoms with Crippen molar-refractivity contribution in [1.82, 2.24) is 14.8 Å². The van der Waals surface area contributed by atoms with Crippen LogP contribution in [0.15, 0.2) is 35.4 Å². The van der Waals surface area contributed by atoms with Gasteiger partial charge in [0.1, 0.15) is 6.33 Å². The van der Waals surface area contributed by atoms with Crippen LogP contribution in [0, 0.1) is 0 Å². The summed E-state index contributed by atoms with van der Waals surface area (Å²) in [6, 6.07) is 7.80. The molecule has 7 nitrogen and oxygen atoms in total. The van der Waals surface area contributed by atoms with Gasteiger partial charge in [-0.3, -0.25) is 4.57 Å². The van der Waals surface area contributed by atoms with Crippen molar-refractivity contribution in [3.63, 3.8) is 0 Å². The van der Waals surface area contributed by atoms with Crippen molar-refractivity contribution in [3.05, 3.63) is 46.0 Å². The Morgan fingerprint density at radius 2 is 1.80 bits per heavy atom. The van der Waals surface area contributed by atoms with E-state index in [9.17, 15) is 4.79 Å². The molecule has 0 saturated carbocycles. The van der Waals surface area contributed by atoms with E-state index in [1.165, 1.54) is 10.9 Å². The molecule has 0 amide bonds. The molecule has 3 aromatic rings. The fourth-order valence-electron chi connectivity index (χ4n) is 2.39. The van der Waals surface area contributed by atoms with Crippen LogP contribution < -0.4 is 19.9 Å². The lowest BCUT2D eigenvalue weighted by molar-refractivity contribution is 0.324. The molecule has 25 heavy (non-hydrogen) atoms. The van der Waals surface area contributed by atoms with Crippen LogP contribution in [0.5, 0.6) is 17.2 Å². The van der Waals surface area contributed by atoms with Gasteiger partial charge < -0.3 is 14.2 Å². The monoisotopic (exact) mass is 383 g/mol. The van der Waals surface area contributed by atoms with Crippen LogP contribution in [0.25, 0.3) is 10.4 Å². The maximum absolute atomic E-state index is 11.5. The Kier molecular flexibility index (Phi) is 6.11. The van der Waals surface area contributed by atoms with Gasteiger partial charge in [-0.1, -0.05) is 0 Å². The molecule has 1 aromatic carbocycles. The molecule has 9 heteroatoms. The molecule has 0 aliphatic carbocycles. The molecule has 1 N–H and O–H groups in total. The maximum Gasteiger partial charge on any atom is 0.343 e. The number of methoxy groups -OCH3 is 3. The zero-order chi connectivity index (χ0) is 17.1. The number of ether oxygens (including phenoxy) is 3. The minimum Gasteiger partial charge on any atom is -0.493 e. The molecule has 0 bridgehead atoms. The first-order chi connectivity index (χ1) is 11.7. The predicted octanol–water partition coefficient (Wildman–Crippen LogP) is 2.80. The van der Waals surface area contributed by atoms with Crippen molar-refractivity contribution in [2.75, 3.05) is 21.3 Å². The molecule has 3 rings (SSSR count). The van der Waals surface area contributed by atoms with Gasteiger partial charge in [0.2, 0.25) is 5.75 Å². The van der Waals surface area contributed by atoms with Crippen molar-refractivity contribution in [3.8, 4) is 27.7 Å². The minimum atomic E-state index is -0.224. The van der Waals surface area contributed by atoms with Crippen LogP contribution in [-0.2, 0) is 6.54 Å². The second-order valence-electron chi connectivity index (χ2n) is 4.97. The molecular weight excluding hydrogens is 366 g/mol. The molecule has 0 fully saturated rings. The molecule has 0 aliphatic heterocycles. The van der Waals surface area contributed by atoms with Gasteiger partial charge in [0.05, 0.1) is 27.9 Å². The van der Waals surface area contributed by atoms with Crippen LogP contribution in [0.1, 0.15) is 4.88 Å². The van der Waals surface area contributed by atoms with E-state index in [0.717, 1.165) is 15.3 Å². The van der Waals surface area contributed by atoms with Crippen LogP contribution >= 0.6 is 23.7 Å². The molecule has 134 valence electrons. The first kappa shape index (κ1) is 18.9. The van der Waals surface area contributed by atoms with Gasteiger partial charge in [0, 0.05) is 9.75 Å². The number of hydrogen-bond acceptors (Lipinski definition) is 6. The van der Waals surface area contributed by atoms with Crippen LogP contribution in [-0.4, -0.2) is 36.1 Å². The Bertz CT molecular complexity index is 878. The number of aromatic amines is 1. The summed E-state index contributed by atoms with van der Waals surface area (Å²) in [6.45, 7) is 0.477. The first-order valence-corrected chi connectivity index (χ1v) is 7.96. The van der Waals surface area contributed by atoms with Gasteiger partial charge in [0.25, 0.3) is 0 Å². The summed E-state index contributed by atoms with van der Waals surface area (Å²) in [6.07, 6.45) is 1.49. The summed E-state index contributed by atoms with van der Waals surface area (Å²) in [5.74, 6) is 1.77. The Hall–Kier alpha value is -2.45. The second kappa shape index (κ2) is 8.09. The average Bonchev–Trinajstić information content (AvgIpc) is 3.23. The van der Waals surface area contributed by atoms with E-state index in [4.69, 9.17) is 14.2 Å². The molecular formula is C16H18ClN3O4S. The van der Waals surface area contributed by atoms with Gasteiger partial charge in [-0.25, -0.2) is 9.89 Å². The number of halogens is 1. The number of rotatable bonds is 6. The van der Waals surface area contributed by atoms with E-state index in [1.807, 2.05) is 24.3 Å². The van der Waals surface area contributed by atoms with Crippen molar-refractivity contribution in [2.45, 2.75) is 6.54 Å². The summed E-state index contributed by atoms with van der Waals surface area (Å²) < 4.78 is 17.6. The van der Waals surface area contributed by atoms with Crippen LogP contribution in [0.4, 0.5) is 0 Å².